The molecule has 3 aromatic heterocycles. The Hall–Kier alpha value is -3.60. The number of anilines is 1. The molecule has 1 N–H and O–H groups in total. The second-order valence-electron chi connectivity index (χ2n) is 6.32. The van der Waals surface area contributed by atoms with Crippen LogP contribution in [0.25, 0.3) is 16.2 Å². The third-order valence-electron chi connectivity index (χ3n) is 4.35. The number of carbonyl (C=O) groups excluding carboxylic acids is 1. The first-order valence-corrected chi connectivity index (χ1v) is 9.49. The number of nitrogens with one attached hydrogen (secondary N) is 1. The molecule has 1 amide bonds. The van der Waals surface area contributed by atoms with Gasteiger partial charge >= 0.3 is 6.18 Å². The van der Waals surface area contributed by atoms with Gasteiger partial charge in [0.1, 0.15) is 0 Å². The van der Waals surface area contributed by atoms with Gasteiger partial charge in [0.2, 0.25) is 6.79 Å². The zero-order valence-corrected chi connectivity index (χ0v) is 15.8. The molecule has 7 nitrogen and oxygen atoms in total. The number of hydrogen-bond acceptors (Lipinski definition) is 6. The molecule has 0 atom stereocenters. The van der Waals surface area contributed by atoms with Crippen LogP contribution in [0.3, 0.4) is 0 Å². The molecule has 4 heterocycles. The van der Waals surface area contributed by atoms with Gasteiger partial charge in [-0.3, -0.25) is 4.79 Å². The minimum atomic E-state index is -4.68. The summed E-state index contributed by atoms with van der Waals surface area (Å²) in [5.41, 5.74) is -0.742. The average Bonchev–Trinajstić information content (AvgIpc) is 3.44. The molecule has 11 heteroatoms. The van der Waals surface area contributed by atoms with Gasteiger partial charge in [0.25, 0.3) is 5.91 Å². The largest absolute Gasteiger partial charge is 0.454 e. The van der Waals surface area contributed by atoms with E-state index in [4.69, 9.17) is 9.47 Å². The maximum Gasteiger partial charge on any atom is 0.433 e. The maximum atomic E-state index is 13.6. The van der Waals surface area contributed by atoms with E-state index >= 15 is 0 Å². The third kappa shape index (κ3) is 3.22. The highest BCUT2D eigenvalue weighted by Crippen LogP contribution is 2.35. The quantitative estimate of drug-likeness (QED) is 0.517. The number of ether oxygens (including phenoxy) is 2. The van der Waals surface area contributed by atoms with Crippen LogP contribution in [0.4, 0.5) is 18.9 Å². The topological polar surface area (TPSA) is 77.8 Å². The zero-order chi connectivity index (χ0) is 20.9. The minimum Gasteiger partial charge on any atom is -0.454 e. The Bertz CT molecular complexity index is 1270. The summed E-state index contributed by atoms with van der Waals surface area (Å²) in [6.45, 7) is 0.0810. The normalized spacial score (nSPS) is 13.0. The van der Waals surface area contributed by atoms with Gasteiger partial charge in [-0.05, 0) is 29.6 Å². The Morgan fingerprint density at radius 1 is 1.13 bits per heavy atom. The first-order valence-electron chi connectivity index (χ1n) is 8.61. The average molecular weight is 432 g/mol. The number of halogens is 3. The lowest BCUT2D eigenvalue weighted by Crippen LogP contribution is -2.15. The van der Waals surface area contributed by atoms with Gasteiger partial charge in [-0.15, -0.1) is 11.3 Å². The van der Waals surface area contributed by atoms with E-state index in [2.05, 4.69) is 15.4 Å². The molecule has 1 aliphatic rings. The van der Waals surface area contributed by atoms with Gasteiger partial charge in [0.05, 0.1) is 10.6 Å². The van der Waals surface area contributed by atoms with Crippen LogP contribution in [0.15, 0.2) is 47.8 Å². The standard InChI is InChI=1S/C19H11F3N4O3S/c20-19(21,22)16-7-11(15-2-1-5-30-15)24-17-8-12(25-26(16)17)18(27)23-10-3-4-13-14(6-10)29-9-28-13/h1-8H,9H2,(H,23,27). The highest BCUT2D eigenvalue weighted by molar-refractivity contribution is 7.13. The van der Waals surface area contributed by atoms with Gasteiger partial charge in [-0.2, -0.15) is 18.3 Å². The molecular formula is C19H11F3N4O3S. The number of fused-ring (bicyclic) bond motifs is 2. The van der Waals surface area contributed by atoms with Crippen molar-refractivity contribution in [2.75, 3.05) is 12.1 Å². The molecule has 0 saturated carbocycles. The number of nitrogens with zero attached hydrogens (tertiary/aromatic N) is 3. The smallest absolute Gasteiger partial charge is 0.433 e. The van der Waals surface area contributed by atoms with Crippen molar-refractivity contribution in [2.45, 2.75) is 6.18 Å². The highest BCUT2D eigenvalue weighted by Gasteiger charge is 2.35. The lowest BCUT2D eigenvalue weighted by Gasteiger charge is -2.10. The van der Waals surface area contributed by atoms with E-state index in [0.717, 1.165) is 6.07 Å². The Balaban J connectivity index is 1.53. The van der Waals surface area contributed by atoms with E-state index in [0.29, 0.717) is 26.6 Å². The zero-order valence-electron chi connectivity index (χ0n) is 14.9. The number of carbonyl (C=O) groups is 1. The fourth-order valence-corrected chi connectivity index (χ4v) is 3.69. The summed E-state index contributed by atoms with van der Waals surface area (Å²) in [6.07, 6.45) is -4.68. The summed E-state index contributed by atoms with van der Waals surface area (Å²) >= 11 is 1.27. The van der Waals surface area contributed by atoms with E-state index in [1.54, 1.807) is 35.7 Å². The number of hydrogen-bond donors (Lipinski definition) is 1. The molecular weight excluding hydrogens is 421 g/mol. The van der Waals surface area contributed by atoms with Gasteiger partial charge in [-0.1, -0.05) is 6.07 Å². The summed E-state index contributed by atoms with van der Waals surface area (Å²) in [5.74, 6) is 0.329. The van der Waals surface area contributed by atoms with Gasteiger partial charge in [0.15, 0.2) is 28.5 Å². The molecule has 1 aliphatic heterocycles. The Kier molecular flexibility index (Phi) is 4.13. The molecule has 152 valence electrons. The van der Waals surface area contributed by atoms with Crippen molar-refractivity contribution in [3.05, 3.63) is 59.2 Å². The first-order chi connectivity index (χ1) is 14.4. The summed E-state index contributed by atoms with van der Waals surface area (Å²) in [4.78, 5) is 17.4. The molecule has 0 unspecified atom stereocenters. The van der Waals surface area contributed by atoms with E-state index < -0.39 is 17.8 Å². The molecule has 0 saturated heterocycles. The molecule has 1 aromatic carbocycles. The fourth-order valence-electron chi connectivity index (χ4n) is 3.01. The molecule has 5 rings (SSSR count). The Morgan fingerprint density at radius 2 is 1.97 bits per heavy atom. The SMILES string of the molecule is O=C(Nc1ccc2c(c1)OCO2)c1cc2nc(-c3cccs3)cc(C(F)(F)F)n2n1. The fraction of sp³-hybridized carbons (Fsp3) is 0.105. The van der Waals surface area contributed by atoms with E-state index in [9.17, 15) is 18.0 Å². The van der Waals surface area contributed by atoms with Crippen molar-refractivity contribution < 1.29 is 27.4 Å². The molecule has 0 aliphatic carbocycles. The van der Waals surface area contributed by atoms with Crippen molar-refractivity contribution in [3.63, 3.8) is 0 Å². The van der Waals surface area contributed by atoms with Gasteiger partial charge < -0.3 is 14.8 Å². The number of rotatable bonds is 3. The summed E-state index contributed by atoms with van der Waals surface area (Å²) in [5, 5.41) is 8.18. The van der Waals surface area contributed by atoms with Crippen LogP contribution in [-0.2, 0) is 6.18 Å². The molecule has 4 aromatic rings. The van der Waals surface area contributed by atoms with Crippen molar-refractivity contribution in [1.29, 1.82) is 0 Å². The van der Waals surface area contributed by atoms with Crippen LogP contribution < -0.4 is 14.8 Å². The highest BCUT2D eigenvalue weighted by atomic mass is 32.1. The maximum absolute atomic E-state index is 13.6. The van der Waals surface area contributed by atoms with E-state index in [1.807, 2.05) is 0 Å². The van der Waals surface area contributed by atoms with Crippen LogP contribution in [0.5, 0.6) is 11.5 Å². The predicted molar refractivity (Wildman–Crippen MR) is 102 cm³/mol. The monoisotopic (exact) mass is 432 g/mol. The summed E-state index contributed by atoms with van der Waals surface area (Å²) in [6, 6.07) is 10.3. The minimum absolute atomic E-state index is 0.0796. The van der Waals surface area contributed by atoms with Crippen molar-refractivity contribution in [2.24, 2.45) is 0 Å². The number of benzene rings is 1. The molecule has 0 bridgehead atoms. The van der Waals surface area contributed by atoms with Crippen LogP contribution >= 0.6 is 11.3 Å². The molecule has 0 fully saturated rings. The third-order valence-corrected chi connectivity index (χ3v) is 5.25. The van der Waals surface area contributed by atoms with E-state index in [1.165, 1.54) is 17.4 Å². The predicted octanol–water partition coefficient (Wildman–Crippen LogP) is 4.46. The Labute approximate surface area is 170 Å². The molecule has 30 heavy (non-hydrogen) atoms. The second-order valence-corrected chi connectivity index (χ2v) is 7.27. The van der Waals surface area contributed by atoms with Crippen LogP contribution in [0.1, 0.15) is 16.2 Å². The van der Waals surface area contributed by atoms with Crippen LogP contribution in [0.2, 0.25) is 0 Å². The summed E-state index contributed by atoms with van der Waals surface area (Å²) in [7, 11) is 0. The second kappa shape index (κ2) is 6.73. The van der Waals surface area contributed by atoms with E-state index in [-0.39, 0.29) is 23.8 Å². The van der Waals surface area contributed by atoms with Gasteiger partial charge in [-0.25, -0.2) is 9.50 Å². The number of aromatic nitrogens is 3. The lowest BCUT2D eigenvalue weighted by atomic mass is 10.2. The number of alkyl halides is 3. The van der Waals surface area contributed by atoms with Crippen molar-refractivity contribution in [1.82, 2.24) is 14.6 Å². The Morgan fingerprint density at radius 3 is 2.73 bits per heavy atom. The van der Waals surface area contributed by atoms with Gasteiger partial charge in [0, 0.05) is 17.8 Å². The first kappa shape index (κ1) is 18.4. The van der Waals surface area contributed by atoms with Crippen LogP contribution in [0, 0.1) is 0 Å². The molecule has 0 radical (unpaired) electrons. The van der Waals surface area contributed by atoms with Crippen molar-refractivity contribution in [3.8, 4) is 22.1 Å². The summed E-state index contributed by atoms with van der Waals surface area (Å²) < 4.78 is 51.9. The number of thiophene rings is 1. The van der Waals surface area contributed by atoms with Crippen molar-refractivity contribution >= 4 is 28.6 Å². The lowest BCUT2D eigenvalue weighted by molar-refractivity contribution is -0.142. The molecule has 0 spiro atoms. The number of amides is 1. The van der Waals surface area contributed by atoms with Crippen LogP contribution in [-0.4, -0.2) is 27.3 Å².